The summed E-state index contributed by atoms with van der Waals surface area (Å²) < 4.78 is 5.37. The molecule has 0 radical (unpaired) electrons. The molecule has 1 saturated heterocycles. The van der Waals surface area contributed by atoms with Crippen LogP contribution in [0.2, 0.25) is 0 Å². The number of allylic oxidation sites excluding steroid dienone is 1. The second kappa shape index (κ2) is 5.89. The van der Waals surface area contributed by atoms with Crippen molar-refractivity contribution in [2.75, 3.05) is 6.61 Å². The van der Waals surface area contributed by atoms with E-state index in [2.05, 4.69) is 57.3 Å². The van der Waals surface area contributed by atoms with Crippen LogP contribution in [-0.4, -0.2) is 23.7 Å². The van der Waals surface area contributed by atoms with Gasteiger partial charge in [-0.3, -0.25) is 10.1 Å². The fourth-order valence-corrected chi connectivity index (χ4v) is 4.18. The van der Waals surface area contributed by atoms with Crippen molar-refractivity contribution < 1.29 is 9.53 Å². The van der Waals surface area contributed by atoms with Crippen molar-refractivity contribution in [1.29, 1.82) is 0 Å². The number of ether oxygens (including phenoxy) is 1. The van der Waals surface area contributed by atoms with Gasteiger partial charge in [-0.2, -0.15) is 0 Å². The van der Waals surface area contributed by atoms with Crippen molar-refractivity contribution in [3.63, 3.8) is 0 Å². The summed E-state index contributed by atoms with van der Waals surface area (Å²) in [4.78, 5) is 12.6. The lowest BCUT2D eigenvalue weighted by atomic mass is 9.73. The third kappa shape index (κ3) is 2.82. The molecular weight excluding hydrogens is 298 g/mol. The molecule has 1 aromatic carbocycles. The minimum Gasteiger partial charge on any atom is -0.466 e. The summed E-state index contributed by atoms with van der Waals surface area (Å²) >= 11 is 0. The van der Waals surface area contributed by atoms with E-state index in [0.717, 1.165) is 5.56 Å². The van der Waals surface area contributed by atoms with Crippen molar-refractivity contribution in [2.45, 2.75) is 51.6 Å². The van der Waals surface area contributed by atoms with Gasteiger partial charge in [0.25, 0.3) is 0 Å². The van der Waals surface area contributed by atoms with Gasteiger partial charge in [-0.15, -0.1) is 0 Å². The van der Waals surface area contributed by atoms with Gasteiger partial charge in [0.15, 0.2) is 0 Å². The van der Waals surface area contributed by atoms with Gasteiger partial charge in [-0.1, -0.05) is 42.5 Å². The summed E-state index contributed by atoms with van der Waals surface area (Å²) in [6.45, 7) is 11.0. The highest BCUT2D eigenvalue weighted by molar-refractivity contribution is 5.78. The Hall–Kier alpha value is -1.87. The lowest BCUT2D eigenvalue weighted by Gasteiger charge is -2.30. The van der Waals surface area contributed by atoms with Crippen LogP contribution in [0, 0.1) is 5.92 Å². The first-order chi connectivity index (χ1) is 11.3. The van der Waals surface area contributed by atoms with E-state index in [4.69, 9.17) is 4.74 Å². The molecule has 0 saturated carbocycles. The summed E-state index contributed by atoms with van der Waals surface area (Å²) in [6, 6.07) is 10.2. The number of carbonyl (C=O) groups is 1. The maximum Gasteiger partial charge on any atom is 0.313 e. The number of carbonyl (C=O) groups excluding carboxylic acids is 1. The summed E-state index contributed by atoms with van der Waals surface area (Å²) in [5.74, 6) is -0.408. The van der Waals surface area contributed by atoms with Crippen molar-refractivity contribution in [2.24, 2.45) is 5.92 Å². The van der Waals surface area contributed by atoms with Gasteiger partial charge in [-0.25, -0.2) is 0 Å². The molecule has 1 N–H and O–H groups in total. The third-order valence-electron chi connectivity index (χ3n) is 5.08. The van der Waals surface area contributed by atoms with Crippen LogP contribution >= 0.6 is 0 Å². The van der Waals surface area contributed by atoms with E-state index in [-0.39, 0.29) is 28.9 Å². The molecule has 24 heavy (non-hydrogen) atoms. The molecule has 1 heterocycles. The summed E-state index contributed by atoms with van der Waals surface area (Å²) in [6.07, 6.45) is 4.40. The molecule has 1 fully saturated rings. The molecule has 1 aromatic rings. The monoisotopic (exact) mass is 325 g/mol. The minimum absolute atomic E-state index is 0.0129. The zero-order valence-electron chi connectivity index (χ0n) is 15.2. The van der Waals surface area contributed by atoms with Crippen LogP contribution in [0.15, 0.2) is 53.6 Å². The van der Waals surface area contributed by atoms with Crippen molar-refractivity contribution in [3.05, 3.63) is 59.2 Å². The summed E-state index contributed by atoms with van der Waals surface area (Å²) in [7, 11) is 0. The SMILES string of the molecule is CCOC(=O)C1C=C2C(=CC1c1ccccc1)C(C)(C)NC2(C)C. The standard InChI is InChI=1S/C21H27NO2/c1-6-24-19(23)16-13-18-17(20(2,3)22-21(18,4)5)12-15(16)14-10-8-7-9-11-14/h7-13,15-16,22H,6H2,1-5H3. The number of hydrogen-bond donors (Lipinski definition) is 1. The quantitative estimate of drug-likeness (QED) is 0.854. The van der Waals surface area contributed by atoms with Crippen LogP contribution in [0.5, 0.6) is 0 Å². The molecule has 1 aliphatic carbocycles. The van der Waals surface area contributed by atoms with Crippen LogP contribution in [0.25, 0.3) is 0 Å². The molecule has 0 amide bonds. The Balaban J connectivity index is 2.10. The van der Waals surface area contributed by atoms with Crippen LogP contribution in [0.1, 0.15) is 46.1 Å². The van der Waals surface area contributed by atoms with Crippen LogP contribution in [-0.2, 0) is 9.53 Å². The topological polar surface area (TPSA) is 38.3 Å². The highest BCUT2D eigenvalue weighted by Gasteiger charge is 2.47. The van der Waals surface area contributed by atoms with Gasteiger partial charge in [0.2, 0.25) is 0 Å². The van der Waals surface area contributed by atoms with Gasteiger partial charge in [0.1, 0.15) is 0 Å². The molecule has 3 nitrogen and oxygen atoms in total. The summed E-state index contributed by atoms with van der Waals surface area (Å²) in [5.41, 5.74) is 3.41. The number of hydrogen-bond acceptors (Lipinski definition) is 3. The highest BCUT2D eigenvalue weighted by Crippen LogP contribution is 2.47. The predicted molar refractivity (Wildman–Crippen MR) is 96.8 cm³/mol. The Morgan fingerprint density at radius 1 is 1.04 bits per heavy atom. The zero-order chi connectivity index (χ0) is 17.5. The average molecular weight is 325 g/mol. The minimum atomic E-state index is -0.277. The second-order valence-electron chi connectivity index (χ2n) is 7.75. The van der Waals surface area contributed by atoms with Crippen molar-refractivity contribution in [1.82, 2.24) is 5.32 Å². The maximum atomic E-state index is 12.6. The van der Waals surface area contributed by atoms with Gasteiger partial charge in [-0.05, 0) is 51.3 Å². The largest absolute Gasteiger partial charge is 0.466 e. The van der Waals surface area contributed by atoms with E-state index < -0.39 is 0 Å². The summed E-state index contributed by atoms with van der Waals surface area (Å²) in [5, 5.41) is 3.69. The average Bonchev–Trinajstić information content (AvgIpc) is 2.71. The fourth-order valence-electron chi connectivity index (χ4n) is 4.18. The Morgan fingerprint density at radius 2 is 1.62 bits per heavy atom. The molecule has 0 aromatic heterocycles. The molecule has 2 unspecified atom stereocenters. The molecule has 3 heteroatoms. The van der Waals surface area contributed by atoms with Crippen LogP contribution in [0.4, 0.5) is 0 Å². The molecule has 0 spiro atoms. The molecule has 2 aliphatic rings. The molecule has 128 valence electrons. The highest BCUT2D eigenvalue weighted by atomic mass is 16.5. The molecule has 2 atom stereocenters. The number of nitrogens with one attached hydrogen (secondary N) is 1. The van der Waals surface area contributed by atoms with Gasteiger partial charge < -0.3 is 4.74 Å². The van der Waals surface area contributed by atoms with Crippen molar-refractivity contribution >= 4 is 5.97 Å². The zero-order valence-corrected chi connectivity index (χ0v) is 15.2. The first kappa shape index (κ1) is 17.0. The normalized spacial score (nSPS) is 27.0. The van der Waals surface area contributed by atoms with Gasteiger partial charge in [0, 0.05) is 17.0 Å². The van der Waals surface area contributed by atoms with E-state index >= 15 is 0 Å². The van der Waals surface area contributed by atoms with Gasteiger partial charge >= 0.3 is 5.97 Å². The molecule has 0 bridgehead atoms. The van der Waals surface area contributed by atoms with E-state index in [1.807, 2.05) is 25.1 Å². The Morgan fingerprint density at radius 3 is 2.21 bits per heavy atom. The second-order valence-corrected chi connectivity index (χ2v) is 7.75. The van der Waals surface area contributed by atoms with Gasteiger partial charge in [0.05, 0.1) is 12.5 Å². The fraction of sp³-hybridized carbons (Fsp3) is 0.476. The number of esters is 1. The molecular formula is C21H27NO2. The van der Waals surface area contributed by atoms with E-state index in [1.54, 1.807) is 0 Å². The third-order valence-corrected chi connectivity index (χ3v) is 5.08. The first-order valence-electron chi connectivity index (χ1n) is 8.72. The van der Waals surface area contributed by atoms with Crippen molar-refractivity contribution in [3.8, 4) is 0 Å². The van der Waals surface area contributed by atoms with E-state index in [9.17, 15) is 4.79 Å². The number of benzene rings is 1. The van der Waals surface area contributed by atoms with E-state index in [1.165, 1.54) is 11.1 Å². The van der Waals surface area contributed by atoms with Crippen LogP contribution < -0.4 is 5.32 Å². The Bertz CT molecular complexity index is 698. The maximum absolute atomic E-state index is 12.6. The molecule has 3 rings (SSSR count). The number of fused-ring (bicyclic) bond motifs is 1. The first-order valence-corrected chi connectivity index (χ1v) is 8.72. The predicted octanol–water partition coefficient (Wildman–Crippen LogP) is 3.98. The lowest BCUT2D eigenvalue weighted by Crippen LogP contribution is -2.43. The van der Waals surface area contributed by atoms with E-state index in [0.29, 0.717) is 6.61 Å². The lowest BCUT2D eigenvalue weighted by molar-refractivity contribution is -0.146. The van der Waals surface area contributed by atoms with Crippen LogP contribution in [0.3, 0.4) is 0 Å². The smallest absolute Gasteiger partial charge is 0.313 e. The Kier molecular flexibility index (Phi) is 4.16. The number of rotatable bonds is 3. The molecule has 1 aliphatic heterocycles. The Labute approximate surface area is 144 Å².